The normalized spacial score (nSPS) is 14.7. The van der Waals surface area contributed by atoms with Crippen molar-refractivity contribution in [2.45, 2.75) is 12.0 Å². The van der Waals surface area contributed by atoms with Crippen molar-refractivity contribution in [1.29, 1.82) is 0 Å². The second-order valence-corrected chi connectivity index (χ2v) is 5.72. The van der Waals surface area contributed by atoms with Crippen LogP contribution in [0, 0.1) is 0 Å². The van der Waals surface area contributed by atoms with E-state index in [-0.39, 0.29) is 11.0 Å². The minimum absolute atomic E-state index is 0.00525. The molecule has 1 rings (SSSR count). The summed E-state index contributed by atoms with van der Waals surface area (Å²) in [4.78, 5) is 23.1. The topological polar surface area (TPSA) is 77.4 Å². The van der Waals surface area contributed by atoms with Crippen molar-refractivity contribution >= 4 is 11.8 Å². The lowest BCUT2D eigenvalue weighted by atomic mass is 9.88. The smallest absolute Gasteiger partial charge is 0.200 e. The van der Waals surface area contributed by atoms with Crippen LogP contribution in [0.5, 0.6) is 0 Å². The predicted molar refractivity (Wildman–Crippen MR) is 68.2 cm³/mol. The fraction of sp³-hybridized carbons (Fsp3) is 0.429. The number of benzene rings is 1. The largest absolute Gasteiger partial charge is 0.550 e. The van der Waals surface area contributed by atoms with Gasteiger partial charge in [0.05, 0.1) is 21.1 Å². The molecule has 1 aromatic rings. The zero-order chi connectivity index (χ0) is 14.7. The third kappa shape index (κ3) is 4.46. The Morgan fingerprint density at radius 1 is 1.21 bits per heavy atom. The average Bonchev–Trinajstić information content (AvgIpc) is 2.25. The standard InChI is InChI=1S/C14H19NO4/c1-15(2,3)10-14(19,9-12(16)17)13(18)11-7-5-4-6-8-11/h4-8,19H,9-10H2,1-3H3. The van der Waals surface area contributed by atoms with Gasteiger partial charge >= 0.3 is 0 Å². The molecular formula is C14H19NO4. The fourth-order valence-corrected chi connectivity index (χ4v) is 2.09. The minimum atomic E-state index is -1.96. The third-order valence-electron chi connectivity index (χ3n) is 2.63. The maximum atomic E-state index is 12.3. The quantitative estimate of drug-likeness (QED) is 0.553. The van der Waals surface area contributed by atoms with E-state index in [4.69, 9.17) is 0 Å². The number of aliphatic carboxylic acids is 1. The third-order valence-corrected chi connectivity index (χ3v) is 2.63. The number of nitrogens with zero attached hydrogens (tertiary/aromatic N) is 1. The molecule has 0 bridgehead atoms. The molecule has 0 aromatic heterocycles. The van der Waals surface area contributed by atoms with Crippen molar-refractivity contribution in [2.75, 3.05) is 27.7 Å². The van der Waals surface area contributed by atoms with E-state index >= 15 is 0 Å². The van der Waals surface area contributed by atoms with Crippen LogP contribution in [-0.2, 0) is 4.79 Å². The average molecular weight is 265 g/mol. The highest BCUT2D eigenvalue weighted by molar-refractivity contribution is 6.04. The molecule has 0 aliphatic rings. The Bertz CT molecular complexity index is 464. The molecular weight excluding hydrogens is 246 g/mol. The van der Waals surface area contributed by atoms with Crippen molar-refractivity contribution in [3.8, 4) is 0 Å². The number of likely N-dealkylation sites (N-methyl/N-ethyl adjacent to an activating group) is 1. The Balaban J connectivity index is 3.10. The molecule has 0 radical (unpaired) electrons. The summed E-state index contributed by atoms with van der Waals surface area (Å²) < 4.78 is 0.266. The van der Waals surface area contributed by atoms with Crippen LogP contribution in [0.1, 0.15) is 16.8 Å². The second-order valence-electron chi connectivity index (χ2n) is 5.72. The first-order valence-corrected chi connectivity index (χ1v) is 5.97. The van der Waals surface area contributed by atoms with Gasteiger partial charge < -0.3 is 19.5 Å². The van der Waals surface area contributed by atoms with Crippen LogP contribution in [0.15, 0.2) is 30.3 Å². The Kier molecular flexibility index (Phi) is 4.44. The van der Waals surface area contributed by atoms with Gasteiger partial charge in [-0.1, -0.05) is 30.3 Å². The Morgan fingerprint density at radius 2 is 1.74 bits per heavy atom. The number of carboxylic acid groups (broad SMARTS) is 1. The summed E-state index contributed by atoms with van der Waals surface area (Å²) in [6.07, 6.45) is -0.712. The number of quaternary nitrogens is 1. The van der Waals surface area contributed by atoms with Gasteiger partial charge in [-0.05, 0) is 0 Å². The molecule has 0 spiro atoms. The Labute approximate surface area is 112 Å². The lowest BCUT2D eigenvalue weighted by molar-refractivity contribution is -0.875. The van der Waals surface area contributed by atoms with E-state index in [0.29, 0.717) is 5.56 Å². The molecule has 1 N–H and O–H groups in total. The summed E-state index contributed by atoms with van der Waals surface area (Å²) in [5, 5.41) is 21.3. The highest BCUT2D eigenvalue weighted by atomic mass is 16.4. The molecule has 1 aromatic carbocycles. The Morgan fingerprint density at radius 3 is 2.16 bits per heavy atom. The summed E-state index contributed by atoms with van der Waals surface area (Å²) in [6.45, 7) is -0.00525. The van der Waals surface area contributed by atoms with Crippen molar-refractivity contribution in [2.24, 2.45) is 0 Å². The first-order chi connectivity index (χ1) is 8.64. The van der Waals surface area contributed by atoms with Gasteiger partial charge in [-0.15, -0.1) is 0 Å². The molecule has 0 aliphatic carbocycles. The maximum Gasteiger partial charge on any atom is 0.200 e. The van der Waals surface area contributed by atoms with Gasteiger partial charge in [-0.3, -0.25) is 4.79 Å². The molecule has 5 nitrogen and oxygen atoms in total. The first kappa shape index (κ1) is 15.3. The fourth-order valence-electron chi connectivity index (χ4n) is 2.09. The summed E-state index contributed by atoms with van der Waals surface area (Å²) in [7, 11) is 5.33. The van der Waals surface area contributed by atoms with Crippen molar-refractivity contribution < 1.29 is 24.3 Å². The van der Waals surface area contributed by atoms with Crippen LogP contribution >= 0.6 is 0 Å². The number of ketones is 1. The lowest BCUT2D eigenvalue weighted by Crippen LogP contribution is -2.56. The van der Waals surface area contributed by atoms with E-state index < -0.39 is 23.8 Å². The number of hydrogen-bond acceptors (Lipinski definition) is 4. The van der Waals surface area contributed by atoms with Crippen LogP contribution in [0.25, 0.3) is 0 Å². The molecule has 0 amide bonds. The molecule has 0 saturated heterocycles. The predicted octanol–water partition coefficient (Wildman–Crippen LogP) is -0.553. The second kappa shape index (κ2) is 5.50. The number of Topliss-reactive ketones (excluding diaryl/α,β-unsaturated/α-hetero) is 1. The summed E-state index contributed by atoms with van der Waals surface area (Å²) in [5.74, 6) is -2.04. The molecule has 0 heterocycles. The molecule has 0 saturated carbocycles. The number of carbonyl (C=O) groups is 2. The van der Waals surface area contributed by atoms with Crippen molar-refractivity contribution in [1.82, 2.24) is 0 Å². The minimum Gasteiger partial charge on any atom is -0.550 e. The molecule has 104 valence electrons. The zero-order valence-electron chi connectivity index (χ0n) is 11.4. The van der Waals surface area contributed by atoms with Crippen LogP contribution in [0.2, 0.25) is 0 Å². The monoisotopic (exact) mass is 265 g/mol. The number of carboxylic acids is 1. The molecule has 5 heteroatoms. The molecule has 0 fully saturated rings. The number of aliphatic hydroxyl groups is 1. The highest BCUT2D eigenvalue weighted by Gasteiger charge is 2.41. The zero-order valence-corrected chi connectivity index (χ0v) is 11.4. The van der Waals surface area contributed by atoms with Gasteiger partial charge in [0.15, 0.2) is 5.60 Å². The van der Waals surface area contributed by atoms with Gasteiger partial charge in [0.25, 0.3) is 0 Å². The van der Waals surface area contributed by atoms with Crippen molar-refractivity contribution in [3.05, 3.63) is 35.9 Å². The van der Waals surface area contributed by atoms with Gasteiger partial charge in [-0.25, -0.2) is 0 Å². The van der Waals surface area contributed by atoms with E-state index in [9.17, 15) is 19.8 Å². The van der Waals surface area contributed by atoms with Gasteiger partial charge in [0.2, 0.25) is 5.78 Å². The molecule has 0 aliphatic heterocycles. The van der Waals surface area contributed by atoms with E-state index in [2.05, 4.69) is 0 Å². The van der Waals surface area contributed by atoms with Gasteiger partial charge in [-0.2, -0.15) is 0 Å². The van der Waals surface area contributed by atoms with Crippen molar-refractivity contribution in [3.63, 3.8) is 0 Å². The molecule has 19 heavy (non-hydrogen) atoms. The molecule has 1 atom stereocenters. The van der Waals surface area contributed by atoms with E-state index in [1.54, 1.807) is 51.5 Å². The van der Waals surface area contributed by atoms with Crippen LogP contribution < -0.4 is 5.11 Å². The van der Waals surface area contributed by atoms with E-state index in [0.717, 1.165) is 0 Å². The number of rotatable bonds is 6. The van der Waals surface area contributed by atoms with E-state index in [1.165, 1.54) is 0 Å². The SMILES string of the molecule is C[N+](C)(C)CC(O)(CC(=O)[O-])C(=O)c1ccccc1. The Hall–Kier alpha value is -1.72. The van der Waals surface area contributed by atoms with Gasteiger partial charge in [0.1, 0.15) is 6.54 Å². The summed E-state index contributed by atoms with van der Waals surface area (Å²) in [6, 6.07) is 8.18. The highest BCUT2D eigenvalue weighted by Crippen LogP contribution is 2.20. The summed E-state index contributed by atoms with van der Waals surface area (Å²) in [5.41, 5.74) is -1.67. The van der Waals surface area contributed by atoms with E-state index in [1.807, 2.05) is 0 Å². The number of hydrogen-bond donors (Lipinski definition) is 1. The molecule has 1 unspecified atom stereocenters. The van der Waals surface area contributed by atoms with Gasteiger partial charge in [0, 0.05) is 18.0 Å². The van der Waals surface area contributed by atoms with Crippen LogP contribution in [0.4, 0.5) is 0 Å². The maximum absolute atomic E-state index is 12.3. The lowest BCUT2D eigenvalue weighted by Gasteiger charge is -2.34. The number of carbonyl (C=O) groups excluding carboxylic acids is 2. The van der Waals surface area contributed by atoms with Crippen LogP contribution in [-0.4, -0.2) is 54.6 Å². The van der Waals surface area contributed by atoms with Crippen LogP contribution in [0.3, 0.4) is 0 Å². The summed E-state index contributed by atoms with van der Waals surface area (Å²) >= 11 is 0. The first-order valence-electron chi connectivity index (χ1n) is 5.97.